The highest BCUT2D eigenvalue weighted by Gasteiger charge is 2.35. The SMILES string of the molecule is Cc1ccc(CN(C(=O)CN(c2ccccc2Cl)S(=O)(=O)c2ccc(C)cc2)C(Cc2ccccc2)C(=O)NCC(C)C)cc1. The van der Waals surface area contributed by atoms with Gasteiger partial charge in [-0.05, 0) is 55.2 Å². The van der Waals surface area contributed by atoms with Crippen LogP contribution in [-0.4, -0.2) is 44.3 Å². The first kappa shape index (κ1) is 33.7. The molecule has 4 rings (SSSR count). The fourth-order valence-electron chi connectivity index (χ4n) is 4.87. The molecule has 0 aromatic heterocycles. The molecule has 0 aliphatic heterocycles. The summed E-state index contributed by atoms with van der Waals surface area (Å²) in [6, 6.07) is 29.3. The summed E-state index contributed by atoms with van der Waals surface area (Å²) in [5.41, 5.74) is 3.82. The van der Waals surface area contributed by atoms with Crippen LogP contribution in [0.3, 0.4) is 0 Å². The molecule has 4 aromatic rings. The Hall–Kier alpha value is -4.14. The summed E-state index contributed by atoms with van der Waals surface area (Å²) in [6.07, 6.45) is 0.249. The Bertz CT molecular complexity index is 1690. The van der Waals surface area contributed by atoms with Crippen molar-refractivity contribution in [1.29, 1.82) is 0 Å². The summed E-state index contributed by atoms with van der Waals surface area (Å²) in [4.78, 5) is 29.9. The monoisotopic (exact) mass is 645 g/mol. The average Bonchev–Trinajstić information content (AvgIpc) is 3.02. The summed E-state index contributed by atoms with van der Waals surface area (Å²) in [5, 5.41) is 3.18. The van der Waals surface area contributed by atoms with Crippen LogP contribution in [0.2, 0.25) is 5.02 Å². The first-order valence-electron chi connectivity index (χ1n) is 15.0. The smallest absolute Gasteiger partial charge is 0.264 e. The van der Waals surface area contributed by atoms with Crippen LogP contribution in [-0.2, 0) is 32.6 Å². The predicted molar refractivity (Wildman–Crippen MR) is 181 cm³/mol. The molecule has 0 aliphatic rings. The van der Waals surface area contributed by atoms with E-state index in [4.69, 9.17) is 11.6 Å². The molecule has 7 nitrogen and oxygen atoms in total. The second kappa shape index (κ2) is 15.2. The summed E-state index contributed by atoms with van der Waals surface area (Å²) in [5.74, 6) is -0.645. The number of rotatable bonds is 13. The molecule has 0 spiro atoms. The number of carbonyl (C=O) groups is 2. The molecule has 0 bridgehead atoms. The van der Waals surface area contributed by atoms with Crippen molar-refractivity contribution in [3.05, 3.63) is 130 Å². The van der Waals surface area contributed by atoms with Gasteiger partial charge in [0.15, 0.2) is 0 Å². The highest BCUT2D eigenvalue weighted by molar-refractivity contribution is 7.92. The number of hydrogen-bond donors (Lipinski definition) is 1. The number of amides is 2. The van der Waals surface area contributed by atoms with Gasteiger partial charge in [-0.25, -0.2) is 8.42 Å². The average molecular weight is 646 g/mol. The van der Waals surface area contributed by atoms with E-state index in [0.29, 0.717) is 6.54 Å². The normalized spacial score (nSPS) is 12.0. The van der Waals surface area contributed by atoms with Gasteiger partial charge >= 0.3 is 0 Å². The topological polar surface area (TPSA) is 86.8 Å². The Morgan fingerprint density at radius 1 is 0.778 bits per heavy atom. The summed E-state index contributed by atoms with van der Waals surface area (Å²) in [6.45, 7) is 7.82. The highest BCUT2D eigenvalue weighted by atomic mass is 35.5. The van der Waals surface area contributed by atoms with Gasteiger partial charge in [0.05, 0.1) is 15.6 Å². The molecule has 0 saturated carbocycles. The molecule has 1 N–H and O–H groups in total. The Balaban J connectivity index is 1.80. The molecular weight excluding hydrogens is 606 g/mol. The van der Waals surface area contributed by atoms with Crippen molar-refractivity contribution in [3.63, 3.8) is 0 Å². The van der Waals surface area contributed by atoms with Gasteiger partial charge in [0.25, 0.3) is 10.0 Å². The van der Waals surface area contributed by atoms with Crippen LogP contribution in [0, 0.1) is 19.8 Å². The lowest BCUT2D eigenvalue weighted by atomic mass is 10.0. The Kier molecular flexibility index (Phi) is 11.4. The van der Waals surface area contributed by atoms with Gasteiger partial charge < -0.3 is 10.2 Å². The largest absolute Gasteiger partial charge is 0.354 e. The van der Waals surface area contributed by atoms with E-state index in [0.717, 1.165) is 26.6 Å². The van der Waals surface area contributed by atoms with Crippen molar-refractivity contribution in [3.8, 4) is 0 Å². The molecule has 0 aliphatic carbocycles. The molecule has 45 heavy (non-hydrogen) atoms. The third-order valence-corrected chi connectivity index (χ3v) is 9.53. The zero-order valence-corrected chi connectivity index (χ0v) is 27.7. The number of nitrogens with zero attached hydrogens (tertiary/aromatic N) is 2. The van der Waals surface area contributed by atoms with E-state index in [1.54, 1.807) is 36.4 Å². The van der Waals surface area contributed by atoms with Gasteiger partial charge in [0.2, 0.25) is 11.8 Å². The molecular formula is C36H40ClN3O4S. The minimum Gasteiger partial charge on any atom is -0.354 e. The van der Waals surface area contributed by atoms with Crippen molar-refractivity contribution in [2.24, 2.45) is 5.92 Å². The Morgan fingerprint density at radius 3 is 1.96 bits per heavy atom. The molecule has 0 heterocycles. The fourth-order valence-corrected chi connectivity index (χ4v) is 6.59. The summed E-state index contributed by atoms with van der Waals surface area (Å²) >= 11 is 6.54. The zero-order chi connectivity index (χ0) is 32.6. The van der Waals surface area contributed by atoms with Crippen molar-refractivity contribution < 1.29 is 18.0 Å². The number of carbonyl (C=O) groups excluding carboxylic acids is 2. The Morgan fingerprint density at radius 2 is 1.36 bits per heavy atom. The van der Waals surface area contributed by atoms with E-state index in [-0.39, 0.29) is 40.4 Å². The van der Waals surface area contributed by atoms with Gasteiger partial charge in [-0.2, -0.15) is 0 Å². The maximum Gasteiger partial charge on any atom is 0.264 e. The molecule has 0 saturated heterocycles. The van der Waals surface area contributed by atoms with Crippen molar-refractivity contribution >= 4 is 39.1 Å². The summed E-state index contributed by atoms with van der Waals surface area (Å²) in [7, 11) is -4.23. The molecule has 236 valence electrons. The second-order valence-corrected chi connectivity index (χ2v) is 13.9. The van der Waals surface area contributed by atoms with Crippen molar-refractivity contribution in [2.45, 2.75) is 51.6 Å². The van der Waals surface area contributed by atoms with Gasteiger partial charge in [0.1, 0.15) is 12.6 Å². The van der Waals surface area contributed by atoms with Crippen LogP contribution in [0.5, 0.6) is 0 Å². The highest BCUT2D eigenvalue weighted by Crippen LogP contribution is 2.31. The molecule has 0 fully saturated rings. The van der Waals surface area contributed by atoms with Crippen LogP contribution < -0.4 is 9.62 Å². The van der Waals surface area contributed by atoms with E-state index in [2.05, 4.69) is 5.32 Å². The zero-order valence-electron chi connectivity index (χ0n) is 26.1. The number of nitrogens with one attached hydrogen (secondary N) is 1. The van der Waals surface area contributed by atoms with Gasteiger partial charge in [0, 0.05) is 19.5 Å². The van der Waals surface area contributed by atoms with E-state index < -0.39 is 28.5 Å². The number of halogens is 1. The first-order chi connectivity index (χ1) is 21.5. The second-order valence-electron chi connectivity index (χ2n) is 11.6. The third-order valence-electron chi connectivity index (χ3n) is 7.44. The quantitative estimate of drug-likeness (QED) is 0.178. The Labute approximate surface area is 271 Å². The summed E-state index contributed by atoms with van der Waals surface area (Å²) < 4.78 is 29.3. The fraction of sp³-hybridized carbons (Fsp3) is 0.278. The van der Waals surface area contributed by atoms with Gasteiger partial charge in [-0.15, -0.1) is 0 Å². The lowest BCUT2D eigenvalue weighted by Crippen LogP contribution is -2.53. The minimum absolute atomic E-state index is 0.0291. The number of para-hydroxylation sites is 1. The predicted octanol–water partition coefficient (Wildman–Crippen LogP) is 6.56. The molecule has 2 amide bonds. The number of aryl methyl sites for hydroxylation is 2. The molecule has 9 heteroatoms. The van der Waals surface area contributed by atoms with E-state index >= 15 is 0 Å². The first-order valence-corrected chi connectivity index (χ1v) is 16.8. The molecule has 1 atom stereocenters. The van der Waals surface area contributed by atoms with Gasteiger partial charge in [-0.3, -0.25) is 13.9 Å². The lowest BCUT2D eigenvalue weighted by molar-refractivity contribution is -0.140. The molecule has 4 aromatic carbocycles. The van der Waals surface area contributed by atoms with Gasteiger partial charge in [-0.1, -0.05) is 115 Å². The van der Waals surface area contributed by atoms with E-state index in [1.807, 2.05) is 82.3 Å². The standard InChI is InChI=1S/C36H40ClN3O4S/c1-26(2)23-38-36(42)34(22-29-10-6-5-7-11-29)39(24-30-18-14-27(3)15-19-30)35(41)25-40(33-13-9-8-12-32(33)37)45(43,44)31-20-16-28(4)17-21-31/h5-21,26,34H,22-25H2,1-4H3,(H,38,42). The van der Waals surface area contributed by atoms with E-state index in [9.17, 15) is 18.0 Å². The van der Waals surface area contributed by atoms with Crippen LogP contribution >= 0.6 is 11.6 Å². The van der Waals surface area contributed by atoms with Crippen molar-refractivity contribution in [1.82, 2.24) is 10.2 Å². The molecule has 1 unspecified atom stereocenters. The molecule has 0 radical (unpaired) electrons. The maximum absolute atomic E-state index is 14.5. The number of sulfonamides is 1. The van der Waals surface area contributed by atoms with Crippen LogP contribution in [0.4, 0.5) is 5.69 Å². The lowest BCUT2D eigenvalue weighted by Gasteiger charge is -2.34. The van der Waals surface area contributed by atoms with Crippen LogP contribution in [0.15, 0.2) is 108 Å². The van der Waals surface area contributed by atoms with Crippen molar-refractivity contribution in [2.75, 3.05) is 17.4 Å². The third kappa shape index (κ3) is 8.96. The maximum atomic E-state index is 14.5. The van der Waals surface area contributed by atoms with E-state index in [1.165, 1.54) is 17.0 Å². The number of anilines is 1. The van der Waals surface area contributed by atoms with Crippen LogP contribution in [0.25, 0.3) is 0 Å². The number of benzene rings is 4. The van der Waals surface area contributed by atoms with Crippen LogP contribution in [0.1, 0.15) is 36.1 Å². The minimum atomic E-state index is -4.23. The number of hydrogen-bond acceptors (Lipinski definition) is 4.